The van der Waals surface area contributed by atoms with Gasteiger partial charge in [-0.05, 0) is 93.1 Å². The van der Waals surface area contributed by atoms with Crippen LogP contribution in [0.1, 0.15) is 70.7 Å². The molecule has 3 aromatic rings. The summed E-state index contributed by atoms with van der Waals surface area (Å²) in [4.78, 5) is 61.8. The maximum absolute atomic E-state index is 13.7. The lowest BCUT2D eigenvalue weighted by atomic mass is 9.93. The summed E-state index contributed by atoms with van der Waals surface area (Å²) in [6, 6.07) is 12.3. The smallest absolute Gasteiger partial charge is 0.413 e. The Labute approximate surface area is 274 Å². The second kappa shape index (κ2) is 14.0. The summed E-state index contributed by atoms with van der Waals surface area (Å²) in [6.45, 7) is 7.70. The van der Waals surface area contributed by atoms with Gasteiger partial charge in [-0.3, -0.25) is 25.2 Å². The van der Waals surface area contributed by atoms with Crippen molar-refractivity contribution in [3.8, 4) is 11.1 Å². The number of aromatic nitrogens is 2. The van der Waals surface area contributed by atoms with E-state index in [-0.39, 0.29) is 23.8 Å². The van der Waals surface area contributed by atoms with E-state index < -0.39 is 17.8 Å². The van der Waals surface area contributed by atoms with Gasteiger partial charge in [0.2, 0.25) is 11.8 Å². The van der Waals surface area contributed by atoms with Crippen molar-refractivity contribution < 1.29 is 28.7 Å². The first-order chi connectivity index (χ1) is 22.4. The van der Waals surface area contributed by atoms with Gasteiger partial charge in [0.05, 0.1) is 24.5 Å². The summed E-state index contributed by atoms with van der Waals surface area (Å²) in [6.07, 6.45) is 6.26. The second-order valence-electron chi connectivity index (χ2n) is 12.7. The average Bonchev–Trinajstić information content (AvgIpc) is 3.02. The normalized spacial score (nSPS) is 18.4. The Kier molecular flexibility index (Phi) is 9.88. The van der Waals surface area contributed by atoms with E-state index in [0.717, 1.165) is 28.0 Å². The van der Waals surface area contributed by atoms with Crippen molar-refractivity contribution in [1.82, 2.24) is 14.9 Å². The number of nitrogens with zero attached hydrogens (tertiary/aromatic N) is 3. The highest BCUT2D eigenvalue weighted by atomic mass is 16.6. The molecule has 5 rings (SSSR count). The van der Waals surface area contributed by atoms with E-state index >= 15 is 0 Å². The van der Waals surface area contributed by atoms with Crippen LogP contribution in [0.2, 0.25) is 0 Å². The SMILES string of the molecule is COC(=O)Nc1ccc2c(c1)NC(=O)[C@H](C)CCC[C@H](N1CCC(c3ccnc(NC(=O)OC(C)(C)C)c3)=CC1=O)c1cc-2ccn1. The highest BCUT2D eigenvalue weighted by Crippen LogP contribution is 2.37. The van der Waals surface area contributed by atoms with Gasteiger partial charge in [0.25, 0.3) is 0 Å². The van der Waals surface area contributed by atoms with E-state index in [1.54, 1.807) is 57.4 Å². The Morgan fingerprint density at radius 1 is 0.957 bits per heavy atom. The van der Waals surface area contributed by atoms with Crippen LogP contribution >= 0.6 is 0 Å². The molecule has 0 aliphatic carbocycles. The molecule has 3 N–H and O–H groups in total. The maximum atomic E-state index is 13.7. The highest BCUT2D eigenvalue weighted by molar-refractivity contribution is 5.99. The molecule has 4 heterocycles. The van der Waals surface area contributed by atoms with E-state index in [1.165, 1.54) is 7.11 Å². The molecule has 2 aromatic heterocycles. The van der Waals surface area contributed by atoms with Crippen LogP contribution in [0, 0.1) is 5.92 Å². The Balaban J connectivity index is 1.42. The van der Waals surface area contributed by atoms with Crippen LogP contribution in [0.5, 0.6) is 0 Å². The topological polar surface area (TPSA) is 152 Å². The number of carbonyl (C=O) groups is 4. The van der Waals surface area contributed by atoms with E-state index in [0.29, 0.717) is 49.4 Å². The number of anilines is 3. The molecule has 12 heteroatoms. The number of hydrogen-bond donors (Lipinski definition) is 3. The summed E-state index contributed by atoms with van der Waals surface area (Å²) in [5, 5.41) is 8.34. The van der Waals surface area contributed by atoms with Crippen molar-refractivity contribution in [2.24, 2.45) is 5.92 Å². The first-order valence-corrected chi connectivity index (χ1v) is 15.6. The molecular weight excluding hydrogens is 600 g/mol. The molecule has 2 atom stereocenters. The summed E-state index contributed by atoms with van der Waals surface area (Å²) in [5.41, 5.74) is 4.33. The fourth-order valence-electron chi connectivity index (χ4n) is 5.71. The fraction of sp³-hybridized carbons (Fsp3) is 0.371. The van der Waals surface area contributed by atoms with E-state index in [2.05, 4.69) is 20.9 Å². The van der Waals surface area contributed by atoms with Crippen molar-refractivity contribution in [2.75, 3.05) is 29.6 Å². The molecule has 47 heavy (non-hydrogen) atoms. The number of methoxy groups -OCH3 is 1. The zero-order valence-corrected chi connectivity index (χ0v) is 27.3. The van der Waals surface area contributed by atoms with Crippen LogP contribution in [0.15, 0.2) is 60.9 Å². The summed E-state index contributed by atoms with van der Waals surface area (Å²) in [7, 11) is 1.28. The van der Waals surface area contributed by atoms with Crippen LogP contribution in [0.4, 0.5) is 26.8 Å². The predicted molar refractivity (Wildman–Crippen MR) is 178 cm³/mol. The summed E-state index contributed by atoms with van der Waals surface area (Å²) >= 11 is 0. The van der Waals surface area contributed by atoms with Crippen molar-refractivity contribution >= 4 is 46.8 Å². The van der Waals surface area contributed by atoms with Gasteiger partial charge < -0.3 is 19.7 Å². The van der Waals surface area contributed by atoms with E-state index in [4.69, 9.17) is 14.5 Å². The maximum Gasteiger partial charge on any atom is 0.413 e. The van der Waals surface area contributed by atoms with Gasteiger partial charge in [-0.2, -0.15) is 0 Å². The zero-order valence-electron chi connectivity index (χ0n) is 27.3. The Bertz CT molecular complexity index is 1710. The van der Waals surface area contributed by atoms with Gasteiger partial charge >= 0.3 is 12.2 Å². The van der Waals surface area contributed by atoms with Gasteiger partial charge in [-0.15, -0.1) is 0 Å². The number of nitrogens with one attached hydrogen (secondary N) is 3. The van der Waals surface area contributed by atoms with Crippen LogP contribution in [0.25, 0.3) is 16.7 Å². The Morgan fingerprint density at radius 2 is 1.72 bits per heavy atom. The minimum atomic E-state index is -0.647. The minimum absolute atomic E-state index is 0.132. The molecule has 1 aromatic carbocycles. The van der Waals surface area contributed by atoms with Crippen LogP contribution in [0.3, 0.4) is 0 Å². The number of hydrogen-bond acceptors (Lipinski definition) is 8. The fourth-order valence-corrected chi connectivity index (χ4v) is 5.71. The van der Waals surface area contributed by atoms with Gasteiger partial charge in [-0.25, -0.2) is 14.6 Å². The molecule has 12 nitrogen and oxygen atoms in total. The van der Waals surface area contributed by atoms with E-state index in [1.807, 2.05) is 36.1 Å². The number of pyridine rings is 2. The molecule has 0 saturated carbocycles. The number of benzene rings is 1. The molecule has 0 radical (unpaired) electrons. The zero-order chi connectivity index (χ0) is 33.7. The third-order valence-corrected chi connectivity index (χ3v) is 8.04. The molecule has 4 amide bonds. The highest BCUT2D eigenvalue weighted by Gasteiger charge is 2.30. The van der Waals surface area contributed by atoms with Crippen LogP contribution < -0.4 is 16.0 Å². The van der Waals surface area contributed by atoms with E-state index in [9.17, 15) is 19.2 Å². The third kappa shape index (κ3) is 8.32. The molecule has 0 fully saturated rings. The lowest BCUT2D eigenvalue weighted by Gasteiger charge is -2.34. The quantitative estimate of drug-likeness (QED) is 0.282. The van der Waals surface area contributed by atoms with Crippen molar-refractivity contribution in [3.05, 3.63) is 72.2 Å². The molecule has 0 saturated heterocycles. The summed E-state index contributed by atoms with van der Waals surface area (Å²) < 4.78 is 10.1. The van der Waals surface area contributed by atoms with Crippen LogP contribution in [-0.2, 0) is 19.1 Å². The molecule has 2 bridgehead atoms. The second-order valence-corrected chi connectivity index (χ2v) is 12.7. The van der Waals surface area contributed by atoms with Gasteiger partial charge in [-0.1, -0.05) is 19.4 Å². The number of ether oxygens (including phenoxy) is 2. The molecule has 0 unspecified atom stereocenters. The van der Waals surface area contributed by atoms with Crippen molar-refractivity contribution in [3.63, 3.8) is 0 Å². The predicted octanol–water partition coefficient (Wildman–Crippen LogP) is 6.78. The monoisotopic (exact) mass is 640 g/mol. The standard InChI is InChI=1S/C35H40N6O6/c1-21-7-6-8-29(28-17-24(12-14-36-28)26-10-9-25(38-33(44)46-5)20-27(26)39-32(21)43)41-16-13-23(19-31(41)42)22-11-15-37-30(18-22)40-34(45)47-35(2,3)4/h9-12,14-15,17-21,29H,6-8,13,16H2,1-5H3,(H,38,44)(H,39,43)(H,37,40,45)/t21-,29+/m1/s1. The van der Waals surface area contributed by atoms with Crippen molar-refractivity contribution in [2.45, 2.75) is 65.0 Å². The Morgan fingerprint density at radius 3 is 2.47 bits per heavy atom. The lowest BCUT2D eigenvalue weighted by molar-refractivity contribution is -0.129. The first kappa shape index (κ1) is 33.1. The molecule has 2 aliphatic heterocycles. The number of rotatable bonds is 4. The molecule has 246 valence electrons. The number of amides is 4. The largest absolute Gasteiger partial charge is 0.453 e. The molecule has 0 spiro atoms. The molecular formula is C35H40N6O6. The minimum Gasteiger partial charge on any atom is -0.453 e. The van der Waals surface area contributed by atoms with Crippen molar-refractivity contribution in [1.29, 1.82) is 0 Å². The third-order valence-electron chi connectivity index (χ3n) is 8.04. The van der Waals surface area contributed by atoms with Gasteiger partial charge in [0.1, 0.15) is 11.4 Å². The molecule has 2 aliphatic rings. The first-order valence-electron chi connectivity index (χ1n) is 15.6. The average molecular weight is 641 g/mol. The number of carbonyl (C=O) groups excluding carboxylic acids is 4. The van der Waals surface area contributed by atoms with Gasteiger partial charge in [0, 0.05) is 42.2 Å². The van der Waals surface area contributed by atoms with Crippen LogP contribution in [-0.4, -0.2) is 58.1 Å². The summed E-state index contributed by atoms with van der Waals surface area (Å²) in [5.74, 6) is -0.226. The number of fused-ring (bicyclic) bond motifs is 4. The Hall–Kier alpha value is -5.26. The van der Waals surface area contributed by atoms with Gasteiger partial charge in [0.15, 0.2) is 0 Å². The lowest BCUT2D eigenvalue weighted by Crippen LogP contribution is -2.38.